The molecule has 0 spiro atoms. The summed E-state index contributed by atoms with van der Waals surface area (Å²) in [6.07, 6.45) is -0.629. The van der Waals surface area contributed by atoms with Gasteiger partial charge in [-0.1, -0.05) is 19.9 Å². The molecule has 1 heterocycles. The van der Waals surface area contributed by atoms with Crippen LogP contribution in [-0.2, 0) is 16.1 Å². The molecular weight excluding hydrogens is 272 g/mol. The standard InChI is InChI=1S/C14H20N4O3/c1-8(2)13-14(20)18(7-12(19)17-16)10-4-3-9(6-15)5-11(10)21-13/h3-5,8,13H,6-7,15-16H2,1-2H3,(H,17,19). The summed E-state index contributed by atoms with van der Waals surface area (Å²) < 4.78 is 5.78. The monoisotopic (exact) mass is 292 g/mol. The lowest BCUT2D eigenvalue weighted by molar-refractivity contribution is -0.130. The number of rotatable bonds is 4. The van der Waals surface area contributed by atoms with Crippen molar-refractivity contribution < 1.29 is 14.3 Å². The molecule has 2 rings (SSSR count). The predicted molar refractivity (Wildman–Crippen MR) is 78.3 cm³/mol. The van der Waals surface area contributed by atoms with Gasteiger partial charge in [0.05, 0.1) is 5.69 Å². The molecule has 114 valence electrons. The summed E-state index contributed by atoms with van der Waals surface area (Å²) in [5.74, 6) is 4.96. The zero-order chi connectivity index (χ0) is 15.6. The normalized spacial score (nSPS) is 17.5. The fraction of sp³-hybridized carbons (Fsp3) is 0.429. The van der Waals surface area contributed by atoms with Crippen LogP contribution in [0.5, 0.6) is 5.75 Å². The van der Waals surface area contributed by atoms with Crippen molar-refractivity contribution in [2.45, 2.75) is 26.5 Å². The van der Waals surface area contributed by atoms with E-state index in [4.69, 9.17) is 16.3 Å². The maximum Gasteiger partial charge on any atom is 0.268 e. The van der Waals surface area contributed by atoms with E-state index in [1.54, 1.807) is 18.2 Å². The molecular formula is C14H20N4O3. The summed E-state index contributed by atoms with van der Waals surface area (Å²) in [5, 5.41) is 0. The van der Waals surface area contributed by atoms with Crippen molar-refractivity contribution in [3.63, 3.8) is 0 Å². The number of hydrogen-bond donors (Lipinski definition) is 3. The van der Waals surface area contributed by atoms with Crippen molar-refractivity contribution in [3.05, 3.63) is 23.8 Å². The van der Waals surface area contributed by atoms with Crippen molar-refractivity contribution in [2.75, 3.05) is 11.4 Å². The predicted octanol–water partition coefficient (Wildman–Crippen LogP) is -0.115. The lowest BCUT2D eigenvalue weighted by Crippen LogP contribution is -2.52. The Bertz CT molecular complexity index is 559. The Morgan fingerprint density at radius 1 is 1.48 bits per heavy atom. The average Bonchev–Trinajstić information content (AvgIpc) is 2.48. The van der Waals surface area contributed by atoms with Crippen molar-refractivity contribution in [3.8, 4) is 5.75 Å². The van der Waals surface area contributed by atoms with Gasteiger partial charge in [0.1, 0.15) is 12.3 Å². The van der Waals surface area contributed by atoms with Gasteiger partial charge in [-0.05, 0) is 23.6 Å². The highest BCUT2D eigenvalue weighted by Gasteiger charge is 2.37. The quantitative estimate of drug-likeness (QED) is 0.407. The van der Waals surface area contributed by atoms with E-state index in [0.29, 0.717) is 18.0 Å². The number of hydrogen-bond acceptors (Lipinski definition) is 5. The number of benzene rings is 1. The lowest BCUT2D eigenvalue weighted by atomic mass is 10.0. The Morgan fingerprint density at radius 3 is 2.76 bits per heavy atom. The van der Waals surface area contributed by atoms with Gasteiger partial charge in [0.25, 0.3) is 11.8 Å². The number of anilines is 1. The highest BCUT2D eigenvalue weighted by Crippen LogP contribution is 2.36. The van der Waals surface area contributed by atoms with Gasteiger partial charge in [0.2, 0.25) is 0 Å². The fourth-order valence-corrected chi connectivity index (χ4v) is 2.24. The van der Waals surface area contributed by atoms with Gasteiger partial charge >= 0.3 is 0 Å². The van der Waals surface area contributed by atoms with E-state index < -0.39 is 12.0 Å². The smallest absolute Gasteiger partial charge is 0.268 e. The first kappa shape index (κ1) is 15.3. The summed E-state index contributed by atoms with van der Waals surface area (Å²) in [7, 11) is 0. The number of ether oxygens (including phenoxy) is 1. The molecule has 1 unspecified atom stereocenters. The number of nitrogens with zero attached hydrogens (tertiary/aromatic N) is 1. The number of carbonyl (C=O) groups excluding carboxylic acids is 2. The Labute approximate surface area is 123 Å². The molecule has 1 aromatic rings. The second-order valence-corrected chi connectivity index (χ2v) is 5.28. The number of nitrogens with two attached hydrogens (primary N) is 2. The second-order valence-electron chi connectivity index (χ2n) is 5.28. The molecule has 2 amide bonds. The third kappa shape index (κ3) is 2.98. The van der Waals surface area contributed by atoms with Gasteiger partial charge in [-0.25, -0.2) is 5.84 Å². The Hall–Kier alpha value is -2.12. The summed E-state index contributed by atoms with van der Waals surface area (Å²) in [4.78, 5) is 25.4. The largest absolute Gasteiger partial charge is 0.478 e. The molecule has 5 N–H and O–H groups in total. The summed E-state index contributed by atoms with van der Waals surface area (Å²) in [6.45, 7) is 4.01. The van der Waals surface area contributed by atoms with E-state index in [2.05, 4.69) is 0 Å². The molecule has 0 fully saturated rings. The van der Waals surface area contributed by atoms with Crippen LogP contribution < -0.4 is 26.6 Å². The molecule has 1 aliphatic rings. The van der Waals surface area contributed by atoms with Crippen LogP contribution in [0.4, 0.5) is 5.69 Å². The highest BCUT2D eigenvalue weighted by atomic mass is 16.5. The Kier molecular flexibility index (Phi) is 4.44. The maximum absolute atomic E-state index is 12.5. The molecule has 7 nitrogen and oxygen atoms in total. The number of hydrazine groups is 1. The van der Waals surface area contributed by atoms with Crippen LogP contribution in [-0.4, -0.2) is 24.5 Å². The molecule has 0 aromatic heterocycles. The van der Waals surface area contributed by atoms with Crippen molar-refractivity contribution in [1.29, 1.82) is 0 Å². The molecule has 7 heteroatoms. The number of nitrogens with one attached hydrogen (secondary N) is 1. The first-order chi connectivity index (χ1) is 9.97. The van der Waals surface area contributed by atoms with Crippen LogP contribution >= 0.6 is 0 Å². The highest BCUT2D eigenvalue weighted by molar-refractivity contribution is 6.03. The van der Waals surface area contributed by atoms with Gasteiger partial charge in [-0.3, -0.25) is 19.9 Å². The van der Waals surface area contributed by atoms with E-state index >= 15 is 0 Å². The van der Waals surface area contributed by atoms with Crippen molar-refractivity contribution in [1.82, 2.24) is 5.43 Å². The van der Waals surface area contributed by atoms with Crippen LogP contribution in [0, 0.1) is 5.92 Å². The van der Waals surface area contributed by atoms with Gasteiger partial charge in [-0.15, -0.1) is 0 Å². The van der Waals surface area contributed by atoms with Crippen LogP contribution in [0.15, 0.2) is 18.2 Å². The topological polar surface area (TPSA) is 111 Å². The van der Waals surface area contributed by atoms with Gasteiger partial charge < -0.3 is 10.5 Å². The van der Waals surface area contributed by atoms with Crippen molar-refractivity contribution in [2.24, 2.45) is 17.5 Å². The molecule has 21 heavy (non-hydrogen) atoms. The summed E-state index contributed by atoms with van der Waals surface area (Å²) in [6, 6.07) is 5.33. The molecule has 0 saturated carbocycles. The van der Waals surface area contributed by atoms with E-state index in [1.165, 1.54) is 4.90 Å². The van der Waals surface area contributed by atoms with Gasteiger partial charge in [-0.2, -0.15) is 0 Å². The van der Waals surface area contributed by atoms with Crippen LogP contribution in [0.3, 0.4) is 0 Å². The third-order valence-electron chi connectivity index (χ3n) is 3.38. The molecule has 0 saturated heterocycles. The minimum Gasteiger partial charge on any atom is -0.478 e. The number of amides is 2. The molecule has 1 atom stereocenters. The maximum atomic E-state index is 12.5. The van der Waals surface area contributed by atoms with Crippen LogP contribution in [0.1, 0.15) is 19.4 Å². The van der Waals surface area contributed by atoms with Gasteiger partial charge in [0, 0.05) is 6.54 Å². The summed E-state index contributed by atoms with van der Waals surface area (Å²) >= 11 is 0. The lowest BCUT2D eigenvalue weighted by Gasteiger charge is -2.35. The molecule has 1 aliphatic heterocycles. The fourth-order valence-electron chi connectivity index (χ4n) is 2.24. The second kappa shape index (κ2) is 6.11. The average molecular weight is 292 g/mol. The van der Waals surface area contributed by atoms with E-state index in [1.807, 2.05) is 19.3 Å². The van der Waals surface area contributed by atoms with Crippen molar-refractivity contribution >= 4 is 17.5 Å². The minimum absolute atomic E-state index is 0.0179. The first-order valence-corrected chi connectivity index (χ1v) is 6.78. The number of fused-ring (bicyclic) bond motifs is 1. The molecule has 1 aromatic carbocycles. The SMILES string of the molecule is CC(C)C1Oc2cc(CN)ccc2N(CC(=O)NN)C1=O. The number of carbonyl (C=O) groups is 2. The minimum atomic E-state index is -0.629. The van der Waals surface area contributed by atoms with Crippen LogP contribution in [0.2, 0.25) is 0 Å². The third-order valence-corrected chi connectivity index (χ3v) is 3.38. The zero-order valence-electron chi connectivity index (χ0n) is 12.1. The van der Waals surface area contributed by atoms with E-state index in [9.17, 15) is 9.59 Å². The molecule has 0 radical (unpaired) electrons. The summed E-state index contributed by atoms with van der Waals surface area (Å²) in [5.41, 5.74) is 9.11. The molecule has 0 aliphatic carbocycles. The van der Waals surface area contributed by atoms with E-state index in [0.717, 1.165) is 5.56 Å². The Morgan fingerprint density at radius 2 is 2.19 bits per heavy atom. The van der Waals surface area contributed by atoms with E-state index in [-0.39, 0.29) is 18.4 Å². The molecule has 0 bridgehead atoms. The van der Waals surface area contributed by atoms with Crippen LogP contribution in [0.25, 0.3) is 0 Å². The van der Waals surface area contributed by atoms with Gasteiger partial charge in [0.15, 0.2) is 6.10 Å². The first-order valence-electron chi connectivity index (χ1n) is 6.78. The Balaban J connectivity index is 2.43. The zero-order valence-corrected chi connectivity index (χ0v) is 12.1.